The van der Waals surface area contributed by atoms with Crippen molar-refractivity contribution in [3.8, 4) is 34.4 Å². The maximum atomic E-state index is 14.3. The number of hydrogen-bond donors (Lipinski definition) is 5. The van der Waals surface area contributed by atoms with Crippen LogP contribution in [0.4, 0.5) is 9.59 Å². The van der Waals surface area contributed by atoms with Gasteiger partial charge < -0.3 is 45.1 Å². The number of urea groups is 1. The Morgan fingerprint density at radius 3 is 1.74 bits per heavy atom. The number of carbonyl (C=O) groups excluding carboxylic acids is 4. The molecule has 0 saturated carbocycles. The van der Waals surface area contributed by atoms with Gasteiger partial charge in [-0.25, -0.2) is 19.6 Å². The summed E-state index contributed by atoms with van der Waals surface area (Å²) in [6, 6.07) is 22.8. The fourth-order valence-electron chi connectivity index (χ4n) is 8.93. The molecule has 3 aliphatic heterocycles. The van der Waals surface area contributed by atoms with Crippen LogP contribution in [0.25, 0.3) is 22.5 Å². The maximum Gasteiger partial charge on any atom is 0.407 e. The molecule has 0 radical (unpaired) electrons. The summed E-state index contributed by atoms with van der Waals surface area (Å²) in [4.78, 5) is 74.9. The summed E-state index contributed by atoms with van der Waals surface area (Å²) in [6.07, 6.45) is 7.07. The normalized spacial score (nSPS) is 19.0. The molecule has 3 aromatic carbocycles. The summed E-state index contributed by atoms with van der Waals surface area (Å²) in [5.74, 6) is 7.48. The van der Waals surface area contributed by atoms with Gasteiger partial charge in [-0.1, -0.05) is 80.3 Å². The number of aromatic amines is 2. The summed E-state index contributed by atoms with van der Waals surface area (Å²) in [7, 11) is 1.29. The molecule has 5 heterocycles. The van der Waals surface area contributed by atoms with E-state index in [9.17, 15) is 24.3 Å². The SMILES string of the molecule is COC(=O)N[C@H](C(=O)N1CCC[C@H]1c1ncc(-c2ccc(C#Cc3ccc(-c4cnc([C@@H]5CCCN5C(=O)[C@H](NC(=O)N5CCC(C)(O)CC5)c5ccccc5)[nH]4)cc3)cc2)[nH]1)C(C)C. The number of nitrogens with zero attached hydrogens (tertiary/aromatic N) is 5. The third-order valence-electron chi connectivity index (χ3n) is 12.8. The summed E-state index contributed by atoms with van der Waals surface area (Å²) < 4.78 is 4.76. The van der Waals surface area contributed by atoms with Crippen molar-refractivity contribution in [2.45, 2.75) is 89.1 Å². The highest BCUT2D eigenvalue weighted by atomic mass is 16.5. The quantitative estimate of drug-likeness (QED) is 0.0940. The van der Waals surface area contributed by atoms with Gasteiger partial charge in [0, 0.05) is 37.3 Å². The van der Waals surface area contributed by atoms with Crippen molar-refractivity contribution in [1.29, 1.82) is 0 Å². The number of rotatable bonds is 10. The molecule has 5 amide bonds. The number of hydrogen-bond acceptors (Lipinski definition) is 8. The second-order valence-electron chi connectivity index (χ2n) is 17.8. The lowest BCUT2D eigenvalue weighted by atomic mass is 9.94. The van der Waals surface area contributed by atoms with Crippen molar-refractivity contribution >= 4 is 23.9 Å². The molecule has 3 saturated heterocycles. The number of likely N-dealkylation sites (tertiary alicyclic amines) is 3. The summed E-state index contributed by atoms with van der Waals surface area (Å²) in [6.45, 7) is 7.55. The van der Waals surface area contributed by atoms with Gasteiger partial charge in [-0.2, -0.15) is 0 Å². The van der Waals surface area contributed by atoms with Crippen LogP contribution in [0.3, 0.4) is 0 Å². The highest BCUT2D eigenvalue weighted by Crippen LogP contribution is 2.35. The fourth-order valence-corrected chi connectivity index (χ4v) is 8.93. The van der Waals surface area contributed by atoms with Crippen LogP contribution in [-0.2, 0) is 14.3 Å². The van der Waals surface area contributed by atoms with E-state index in [0.29, 0.717) is 56.2 Å². The molecule has 5 aromatic rings. The predicted octanol–water partition coefficient (Wildman–Crippen LogP) is 6.87. The van der Waals surface area contributed by atoms with Crippen molar-refractivity contribution in [2.75, 3.05) is 33.3 Å². The van der Waals surface area contributed by atoms with Gasteiger partial charge in [0.05, 0.1) is 48.6 Å². The summed E-state index contributed by atoms with van der Waals surface area (Å²) in [5.41, 5.74) is 5.16. The Balaban J connectivity index is 0.892. The Hall–Kier alpha value is -6.92. The van der Waals surface area contributed by atoms with Crippen LogP contribution in [0.5, 0.6) is 0 Å². The molecule has 15 heteroatoms. The average Bonchev–Trinajstić information content (AvgIpc) is 4.17. The van der Waals surface area contributed by atoms with Crippen LogP contribution in [0, 0.1) is 17.8 Å². The van der Waals surface area contributed by atoms with Crippen LogP contribution >= 0.6 is 0 Å². The van der Waals surface area contributed by atoms with Crippen LogP contribution in [0.2, 0.25) is 0 Å². The molecule has 4 atom stereocenters. The summed E-state index contributed by atoms with van der Waals surface area (Å²) >= 11 is 0. The van der Waals surface area contributed by atoms with E-state index in [1.165, 1.54) is 7.11 Å². The van der Waals surface area contributed by atoms with E-state index in [1.807, 2.05) is 97.6 Å². The van der Waals surface area contributed by atoms with E-state index in [1.54, 1.807) is 29.1 Å². The molecular weight excluding hydrogens is 823 g/mol. The van der Waals surface area contributed by atoms with Crippen molar-refractivity contribution in [3.05, 3.63) is 120 Å². The number of amides is 5. The molecule has 65 heavy (non-hydrogen) atoms. The monoisotopic (exact) mass is 879 g/mol. The Morgan fingerprint density at radius 2 is 1.25 bits per heavy atom. The summed E-state index contributed by atoms with van der Waals surface area (Å²) in [5, 5.41) is 16.1. The molecule has 3 aliphatic rings. The lowest BCUT2D eigenvalue weighted by Crippen LogP contribution is -2.51. The molecular formula is C50H57N9O6. The Bertz CT molecular complexity index is 2530. The minimum Gasteiger partial charge on any atom is -0.453 e. The topological polar surface area (TPSA) is 189 Å². The van der Waals surface area contributed by atoms with Gasteiger partial charge in [-0.05, 0) is 92.3 Å². The smallest absolute Gasteiger partial charge is 0.407 e. The third kappa shape index (κ3) is 10.2. The predicted molar refractivity (Wildman–Crippen MR) is 245 cm³/mol. The first-order valence-corrected chi connectivity index (χ1v) is 22.5. The first kappa shape index (κ1) is 44.7. The Morgan fingerprint density at radius 1 is 0.738 bits per heavy atom. The average molecular weight is 880 g/mol. The number of imidazole rings is 2. The van der Waals surface area contributed by atoms with Gasteiger partial charge in [0.25, 0.3) is 0 Å². The van der Waals surface area contributed by atoms with E-state index in [4.69, 9.17) is 9.72 Å². The van der Waals surface area contributed by atoms with Crippen LogP contribution in [0.1, 0.15) is 106 Å². The van der Waals surface area contributed by atoms with Gasteiger partial charge >= 0.3 is 12.1 Å². The molecule has 15 nitrogen and oxygen atoms in total. The number of aromatic nitrogens is 4. The van der Waals surface area contributed by atoms with Crippen LogP contribution in [0.15, 0.2) is 91.3 Å². The first-order valence-electron chi connectivity index (χ1n) is 22.5. The molecule has 338 valence electrons. The zero-order valence-electron chi connectivity index (χ0n) is 37.3. The minimum absolute atomic E-state index is 0.113. The number of alkyl carbamates (subject to hydrolysis) is 1. The Labute approximate surface area is 379 Å². The lowest BCUT2D eigenvalue weighted by Gasteiger charge is -2.37. The zero-order chi connectivity index (χ0) is 45.7. The molecule has 0 unspecified atom stereocenters. The largest absolute Gasteiger partial charge is 0.453 e. The number of piperidine rings is 1. The van der Waals surface area contributed by atoms with Gasteiger partial charge in [0.1, 0.15) is 23.7 Å². The third-order valence-corrected chi connectivity index (χ3v) is 12.8. The van der Waals surface area contributed by atoms with Crippen LogP contribution in [-0.4, -0.2) is 109 Å². The number of carbonyl (C=O) groups is 4. The van der Waals surface area contributed by atoms with Gasteiger partial charge in [0.2, 0.25) is 11.8 Å². The standard InChI is InChI=1S/C50H57N9O6/c1-32(2)42(56-49(63)65-4)46(60)58-26-8-12-40(58)44-51-30-38(53-44)35-20-16-33(17-21-35)14-15-34-18-22-36(23-19-34)39-31-52-45(54-39)41-13-9-27-59(41)47(61)43(37-10-6-5-7-11-37)55-48(62)57-28-24-50(3,64)25-29-57/h5-7,10-11,16-23,30-32,40-43,64H,8-9,12-13,24-29H2,1-4H3,(H,51,53)(H,52,54)(H,55,62)(H,56,63)/t40-,41-,42-,43+/m0/s1. The molecule has 2 aromatic heterocycles. The van der Waals surface area contributed by atoms with Crippen molar-refractivity contribution in [1.82, 2.24) is 45.3 Å². The highest BCUT2D eigenvalue weighted by molar-refractivity contribution is 5.89. The number of aliphatic hydroxyl groups is 1. The first-order chi connectivity index (χ1) is 31.4. The molecule has 0 aliphatic carbocycles. The van der Waals surface area contributed by atoms with Crippen molar-refractivity contribution in [3.63, 3.8) is 0 Å². The fraction of sp³-hybridized carbons (Fsp3) is 0.400. The molecule has 5 N–H and O–H groups in total. The molecule has 3 fully saturated rings. The van der Waals surface area contributed by atoms with E-state index in [-0.39, 0.29) is 35.8 Å². The molecule has 8 rings (SSSR count). The number of nitrogens with one attached hydrogen (secondary N) is 4. The second-order valence-corrected chi connectivity index (χ2v) is 17.8. The number of H-pyrrole nitrogens is 2. The van der Waals surface area contributed by atoms with Crippen molar-refractivity contribution in [2.24, 2.45) is 5.92 Å². The van der Waals surface area contributed by atoms with Gasteiger partial charge in [-0.3, -0.25) is 9.59 Å². The lowest BCUT2D eigenvalue weighted by molar-refractivity contribution is -0.135. The van der Waals surface area contributed by atoms with Crippen LogP contribution < -0.4 is 10.6 Å². The number of methoxy groups -OCH3 is 1. The van der Waals surface area contributed by atoms with E-state index < -0.39 is 23.8 Å². The Kier molecular flexibility index (Phi) is 13.4. The van der Waals surface area contributed by atoms with Gasteiger partial charge in [0.15, 0.2) is 0 Å². The highest BCUT2D eigenvalue weighted by Gasteiger charge is 2.39. The van der Waals surface area contributed by atoms with E-state index in [0.717, 1.165) is 59.3 Å². The van der Waals surface area contributed by atoms with Gasteiger partial charge in [-0.15, -0.1) is 0 Å². The molecule has 0 spiro atoms. The number of benzene rings is 3. The van der Waals surface area contributed by atoms with Crippen molar-refractivity contribution < 1.29 is 29.0 Å². The number of ether oxygens (including phenoxy) is 1. The van der Waals surface area contributed by atoms with E-state index >= 15 is 0 Å². The minimum atomic E-state index is -0.867. The second kappa shape index (κ2) is 19.4. The van der Waals surface area contributed by atoms with E-state index in [2.05, 4.69) is 37.4 Å². The molecule has 0 bridgehead atoms. The zero-order valence-corrected chi connectivity index (χ0v) is 37.3. The maximum absolute atomic E-state index is 14.3.